The van der Waals surface area contributed by atoms with Crippen molar-refractivity contribution >= 4 is 22.9 Å². The van der Waals surface area contributed by atoms with Gasteiger partial charge in [-0.25, -0.2) is 0 Å². The molecule has 2 saturated carbocycles. The predicted octanol–water partition coefficient (Wildman–Crippen LogP) is 2.95. The molecule has 2 aliphatic rings. The van der Waals surface area contributed by atoms with Gasteiger partial charge < -0.3 is 10.6 Å². The Hall–Kier alpha value is -1.09. The van der Waals surface area contributed by atoms with Crippen LogP contribution in [0.25, 0.3) is 0 Å². The largest absolute Gasteiger partial charge is 0.389 e. The Morgan fingerprint density at radius 3 is 2.17 bits per heavy atom. The average Bonchev–Trinajstić information content (AvgIpc) is 3.23. The SMILES string of the molecule is NC(=S)c1ccccc1N(CC1CC1)CC1CC1. The third-order valence-corrected chi connectivity index (χ3v) is 4.08. The summed E-state index contributed by atoms with van der Waals surface area (Å²) in [5.41, 5.74) is 8.13. The first-order valence-electron chi connectivity index (χ1n) is 6.88. The fraction of sp³-hybridized carbons (Fsp3) is 0.533. The maximum Gasteiger partial charge on any atom is 0.106 e. The van der Waals surface area contributed by atoms with Crippen molar-refractivity contribution in [2.24, 2.45) is 17.6 Å². The number of benzene rings is 1. The van der Waals surface area contributed by atoms with Gasteiger partial charge in [-0.3, -0.25) is 0 Å². The zero-order chi connectivity index (χ0) is 12.5. The summed E-state index contributed by atoms with van der Waals surface area (Å²) < 4.78 is 0. The van der Waals surface area contributed by atoms with E-state index in [1.165, 1.54) is 44.5 Å². The third-order valence-electron chi connectivity index (χ3n) is 3.86. The zero-order valence-corrected chi connectivity index (χ0v) is 11.5. The fourth-order valence-electron chi connectivity index (χ4n) is 2.45. The molecule has 0 spiro atoms. The van der Waals surface area contributed by atoms with E-state index in [1.807, 2.05) is 12.1 Å². The van der Waals surface area contributed by atoms with Gasteiger partial charge in [-0.15, -0.1) is 0 Å². The van der Waals surface area contributed by atoms with Crippen LogP contribution in [0.3, 0.4) is 0 Å². The lowest BCUT2D eigenvalue weighted by Crippen LogP contribution is -2.30. The molecule has 0 unspecified atom stereocenters. The quantitative estimate of drug-likeness (QED) is 0.797. The normalized spacial score (nSPS) is 18.7. The molecule has 0 bridgehead atoms. The number of thiocarbonyl (C=S) groups is 1. The number of anilines is 1. The molecule has 2 fully saturated rings. The van der Waals surface area contributed by atoms with E-state index in [0.717, 1.165) is 17.4 Å². The van der Waals surface area contributed by atoms with E-state index in [9.17, 15) is 0 Å². The van der Waals surface area contributed by atoms with Gasteiger partial charge in [0.05, 0.1) is 0 Å². The van der Waals surface area contributed by atoms with Crippen molar-refractivity contribution in [3.05, 3.63) is 29.8 Å². The van der Waals surface area contributed by atoms with Gasteiger partial charge in [0, 0.05) is 24.3 Å². The highest BCUT2D eigenvalue weighted by molar-refractivity contribution is 7.80. The highest BCUT2D eigenvalue weighted by atomic mass is 32.1. The molecule has 3 rings (SSSR count). The smallest absolute Gasteiger partial charge is 0.106 e. The molecule has 0 atom stereocenters. The van der Waals surface area contributed by atoms with E-state index in [0.29, 0.717) is 4.99 Å². The molecule has 1 aromatic carbocycles. The van der Waals surface area contributed by atoms with Crippen LogP contribution in [0.1, 0.15) is 31.2 Å². The van der Waals surface area contributed by atoms with Gasteiger partial charge in [-0.1, -0.05) is 24.4 Å². The van der Waals surface area contributed by atoms with E-state index >= 15 is 0 Å². The van der Waals surface area contributed by atoms with Crippen molar-refractivity contribution in [2.45, 2.75) is 25.7 Å². The predicted molar refractivity (Wildman–Crippen MR) is 80.0 cm³/mol. The Morgan fingerprint density at radius 1 is 1.11 bits per heavy atom. The van der Waals surface area contributed by atoms with E-state index < -0.39 is 0 Å². The van der Waals surface area contributed by atoms with E-state index in [1.54, 1.807) is 0 Å². The molecule has 18 heavy (non-hydrogen) atoms. The number of para-hydroxylation sites is 1. The third kappa shape index (κ3) is 2.83. The maximum absolute atomic E-state index is 5.85. The molecular formula is C15H20N2S. The van der Waals surface area contributed by atoms with Crippen LogP contribution in [0.15, 0.2) is 24.3 Å². The van der Waals surface area contributed by atoms with Crippen molar-refractivity contribution in [3.63, 3.8) is 0 Å². The maximum atomic E-state index is 5.85. The second-order valence-electron chi connectivity index (χ2n) is 5.67. The average molecular weight is 260 g/mol. The second kappa shape index (κ2) is 4.88. The van der Waals surface area contributed by atoms with E-state index in [4.69, 9.17) is 18.0 Å². The van der Waals surface area contributed by atoms with Crippen LogP contribution in [0.4, 0.5) is 5.69 Å². The minimum Gasteiger partial charge on any atom is -0.389 e. The Kier molecular flexibility index (Phi) is 3.25. The van der Waals surface area contributed by atoms with Crippen molar-refractivity contribution in [2.75, 3.05) is 18.0 Å². The zero-order valence-electron chi connectivity index (χ0n) is 10.6. The van der Waals surface area contributed by atoms with Crippen LogP contribution in [0.5, 0.6) is 0 Å². The molecule has 0 heterocycles. The molecule has 1 aromatic rings. The first-order valence-corrected chi connectivity index (χ1v) is 7.28. The van der Waals surface area contributed by atoms with Gasteiger partial charge in [0.2, 0.25) is 0 Å². The van der Waals surface area contributed by atoms with Crippen molar-refractivity contribution in [1.29, 1.82) is 0 Å². The fourth-order valence-corrected chi connectivity index (χ4v) is 2.63. The summed E-state index contributed by atoms with van der Waals surface area (Å²) >= 11 is 5.18. The molecule has 0 radical (unpaired) electrons. The number of nitrogens with two attached hydrogens (primary N) is 1. The lowest BCUT2D eigenvalue weighted by molar-refractivity contribution is 0.679. The van der Waals surface area contributed by atoms with Gasteiger partial charge in [0.25, 0.3) is 0 Å². The Labute approximate surface area is 114 Å². The molecule has 0 amide bonds. The number of rotatable bonds is 6. The molecule has 0 aliphatic heterocycles. The Bertz CT molecular complexity index is 436. The molecule has 96 valence electrons. The minimum atomic E-state index is 0.516. The molecule has 2 N–H and O–H groups in total. The van der Waals surface area contributed by atoms with Gasteiger partial charge in [-0.2, -0.15) is 0 Å². The van der Waals surface area contributed by atoms with Crippen LogP contribution in [-0.2, 0) is 0 Å². The summed E-state index contributed by atoms with van der Waals surface area (Å²) in [5.74, 6) is 1.78. The summed E-state index contributed by atoms with van der Waals surface area (Å²) in [6.07, 6.45) is 5.54. The first-order chi connectivity index (χ1) is 8.74. The van der Waals surface area contributed by atoms with Crippen molar-refractivity contribution in [3.8, 4) is 0 Å². The highest BCUT2D eigenvalue weighted by Gasteiger charge is 2.30. The second-order valence-corrected chi connectivity index (χ2v) is 6.11. The minimum absolute atomic E-state index is 0.516. The van der Waals surface area contributed by atoms with Crippen molar-refractivity contribution < 1.29 is 0 Å². The number of nitrogens with zero attached hydrogens (tertiary/aromatic N) is 1. The van der Waals surface area contributed by atoms with Crippen molar-refractivity contribution in [1.82, 2.24) is 0 Å². The van der Waals surface area contributed by atoms with Crippen LogP contribution in [0.2, 0.25) is 0 Å². The molecule has 2 nitrogen and oxygen atoms in total. The van der Waals surface area contributed by atoms with E-state index in [2.05, 4.69) is 17.0 Å². The summed E-state index contributed by atoms with van der Waals surface area (Å²) in [5, 5.41) is 0. The van der Waals surface area contributed by atoms with Gasteiger partial charge in [0.1, 0.15) is 4.99 Å². The molecule has 2 aliphatic carbocycles. The summed E-state index contributed by atoms with van der Waals surface area (Å²) in [4.78, 5) is 3.03. The number of hydrogen-bond donors (Lipinski definition) is 1. The summed E-state index contributed by atoms with van der Waals surface area (Å²) in [6, 6.07) is 8.32. The van der Waals surface area contributed by atoms with Gasteiger partial charge >= 0.3 is 0 Å². The van der Waals surface area contributed by atoms with E-state index in [-0.39, 0.29) is 0 Å². The first kappa shape index (κ1) is 12.0. The van der Waals surface area contributed by atoms with Crippen LogP contribution in [0, 0.1) is 11.8 Å². The summed E-state index contributed by atoms with van der Waals surface area (Å²) in [7, 11) is 0. The Morgan fingerprint density at radius 2 is 1.67 bits per heavy atom. The monoisotopic (exact) mass is 260 g/mol. The number of hydrogen-bond acceptors (Lipinski definition) is 2. The lowest BCUT2D eigenvalue weighted by atomic mass is 10.1. The lowest BCUT2D eigenvalue weighted by Gasteiger charge is -2.27. The van der Waals surface area contributed by atoms with Gasteiger partial charge in [-0.05, 0) is 49.7 Å². The van der Waals surface area contributed by atoms with Gasteiger partial charge in [0.15, 0.2) is 0 Å². The van der Waals surface area contributed by atoms with Crippen LogP contribution >= 0.6 is 12.2 Å². The molecular weight excluding hydrogens is 240 g/mol. The molecule has 3 heteroatoms. The Balaban J connectivity index is 1.84. The van der Waals surface area contributed by atoms with Crippen LogP contribution < -0.4 is 10.6 Å². The topological polar surface area (TPSA) is 29.3 Å². The molecule has 0 aromatic heterocycles. The molecule has 0 saturated heterocycles. The highest BCUT2D eigenvalue weighted by Crippen LogP contribution is 2.36. The summed E-state index contributed by atoms with van der Waals surface area (Å²) in [6.45, 7) is 2.35. The van der Waals surface area contributed by atoms with Crippen LogP contribution in [-0.4, -0.2) is 18.1 Å². The standard InChI is InChI=1S/C15H20N2S/c16-15(18)13-3-1-2-4-14(13)17(9-11-5-6-11)10-12-7-8-12/h1-4,11-12H,5-10H2,(H2,16,18).